The average molecular weight is 469 g/mol. The van der Waals surface area contributed by atoms with E-state index in [0.29, 0.717) is 48.7 Å². The summed E-state index contributed by atoms with van der Waals surface area (Å²) in [6.07, 6.45) is 0.314. The first-order valence-corrected chi connectivity index (χ1v) is 11.6. The van der Waals surface area contributed by atoms with Crippen molar-refractivity contribution in [3.63, 3.8) is 0 Å². The van der Waals surface area contributed by atoms with Crippen LogP contribution >= 0.6 is 0 Å². The molecule has 5 rings (SSSR count). The first-order chi connectivity index (χ1) is 16.3. The number of aryl methyl sites for hydroxylation is 1. The summed E-state index contributed by atoms with van der Waals surface area (Å²) in [5.41, 5.74) is 1.77. The summed E-state index contributed by atoms with van der Waals surface area (Å²) in [5, 5.41) is 0. The van der Waals surface area contributed by atoms with Crippen molar-refractivity contribution in [3.8, 4) is 0 Å². The molecule has 0 unspecified atom stereocenters. The molecule has 2 heterocycles. The molecule has 0 radical (unpaired) electrons. The fraction of sp³-hybridized carbons (Fsp3) is 0.385. The minimum absolute atomic E-state index is 0.133. The van der Waals surface area contributed by atoms with Gasteiger partial charge in [-0.1, -0.05) is 49.2 Å². The van der Waals surface area contributed by atoms with Crippen molar-refractivity contribution in [1.29, 1.82) is 0 Å². The molecule has 0 atom stereocenters. The Balaban J connectivity index is 1.61. The quantitative estimate of drug-likeness (QED) is 0.509. The average Bonchev–Trinajstić information content (AvgIpc) is 3.37. The molecule has 0 N–H and O–H groups in total. The molecule has 5 nitrogen and oxygen atoms in total. The molecule has 3 aromatic rings. The Hall–Kier alpha value is -3.13. The van der Waals surface area contributed by atoms with Gasteiger partial charge in [-0.15, -0.1) is 0 Å². The lowest BCUT2D eigenvalue weighted by Gasteiger charge is -2.41. The zero-order valence-corrected chi connectivity index (χ0v) is 19.1. The maximum atomic E-state index is 13.7. The smallest absolute Gasteiger partial charge is 0.298 e. The van der Waals surface area contributed by atoms with E-state index in [0.717, 1.165) is 43.4 Å². The van der Waals surface area contributed by atoms with Gasteiger partial charge in [0.2, 0.25) is 5.95 Å². The lowest BCUT2D eigenvalue weighted by atomic mass is 10.0. The van der Waals surface area contributed by atoms with Gasteiger partial charge in [0.25, 0.3) is 5.56 Å². The van der Waals surface area contributed by atoms with E-state index in [1.807, 2.05) is 30.3 Å². The molecular formula is C26H27F3N4O. The van der Waals surface area contributed by atoms with E-state index >= 15 is 0 Å². The van der Waals surface area contributed by atoms with E-state index in [1.165, 1.54) is 6.07 Å². The first-order valence-electron chi connectivity index (χ1n) is 11.6. The molecule has 1 aromatic heterocycles. The van der Waals surface area contributed by atoms with Gasteiger partial charge in [0.1, 0.15) is 0 Å². The summed E-state index contributed by atoms with van der Waals surface area (Å²) in [6, 6.07) is 15.3. The summed E-state index contributed by atoms with van der Waals surface area (Å²) in [6.45, 7) is 2.59. The van der Waals surface area contributed by atoms with Crippen molar-refractivity contribution in [1.82, 2.24) is 14.5 Å². The lowest BCUT2D eigenvalue weighted by molar-refractivity contribution is -0.137. The molecule has 1 saturated carbocycles. The number of aromatic nitrogens is 2. The van der Waals surface area contributed by atoms with Gasteiger partial charge < -0.3 is 0 Å². The number of anilines is 2. The van der Waals surface area contributed by atoms with Crippen LogP contribution in [0, 0.1) is 6.92 Å². The van der Waals surface area contributed by atoms with Crippen molar-refractivity contribution in [2.75, 3.05) is 11.6 Å². The van der Waals surface area contributed by atoms with E-state index in [-0.39, 0.29) is 5.56 Å². The number of benzene rings is 2. The second-order valence-electron chi connectivity index (χ2n) is 9.16. The number of alkyl halides is 3. The van der Waals surface area contributed by atoms with E-state index in [2.05, 4.69) is 4.90 Å². The zero-order chi connectivity index (χ0) is 23.9. The number of rotatable bonds is 4. The third kappa shape index (κ3) is 4.34. The molecule has 2 aromatic carbocycles. The predicted octanol–water partition coefficient (Wildman–Crippen LogP) is 5.47. The van der Waals surface area contributed by atoms with Crippen LogP contribution in [0.5, 0.6) is 0 Å². The molecule has 1 fully saturated rings. The second-order valence-corrected chi connectivity index (χ2v) is 9.16. The minimum Gasteiger partial charge on any atom is -0.298 e. The van der Waals surface area contributed by atoms with E-state index in [4.69, 9.17) is 4.98 Å². The molecule has 34 heavy (non-hydrogen) atoms. The Kier molecular flexibility index (Phi) is 5.93. The maximum Gasteiger partial charge on any atom is 0.416 e. The van der Waals surface area contributed by atoms with Crippen molar-refractivity contribution in [2.45, 2.75) is 57.9 Å². The highest BCUT2D eigenvalue weighted by atomic mass is 19.4. The van der Waals surface area contributed by atoms with Crippen LogP contribution in [0.3, 0.4) is 0 Å². The van der Waals surface area contributed by atoms with Gasteiger partial charge in [-0.05, 0) is 43.5 Å². The lowest BCUT2D eigenvalue weighted by Crippen LogP contribution is -2.51. The molecule has 8 heteroatoms. The molecule has 1 aliphatic heterocycles. The first kappa shape index (κ1) is 22.7. The van der Waals surface area contributed by atoms with Crippen molar-refractivity contribution in [3.05, 3.63) is 87.3 Å². The Morgan fingerprint density at radius 2 is 1.74 bits per heavy atom. The van der Waals surface area contributed by atoms with E-state index in [9.17, 15) is 18.0 Å². The molecule has 0 amide bonds. The minimum atomic E-state index is -4.44. The number of nitrogens with zero attached hydrogens (tertiary/aromatic N) is 4. The van der Waals surface area contributed by atoms with Gasteiger partial charge in [-0.3, -0.25) is 19.2 Å². The van der Waals surface area contributed by atoms with Crippen LogP contribution in [-0.4, -0.2) is 27.2 Å². The molecule has 0 spiro atoms. The standard InChI is InChI=1S/C26H27F3N4O/c1-18-23(14-19-8-3-2-4-9-19)24(34)33-17-31(21-11-5-6-12-21)16-32(25(33)30-18)22-13-7-10-20(15-22)26(27,28)29/h2-4,7-10,13,15,21H,5-6,11-12,14,16-17H2,1H3. The van der Waals surface area contributed by atoms with Crippen LogP contribution in [0.15, 0.2) is 59.4 Å². The summed E-state index contributed by atoms with van der Waals surface area (Å²) in [5.74, 6) is 0.396. The number of hydrogen-bond donors (Lipinski definition) is 0. The van der Waals surface area contributed by atoms with E-state index in [1.54, 1.807) is 22.5 Å². The van der Waals surface area contributed by atoms with Crippen LogP contribution in [0.25, 0.3) is 0 Å². The fourth-order valence-corrected chi connectivity index (χ4v) is 5.04. The SMILES string of the molecule is Cc1nc2n(c(=O)c1Cc1ccccc1)CN(C1CCCC1)CN2c1cccc(C(F)(F)F)c1. The van der Waals surface area contributed by atoms with Crippen molar-refractivity contribution in [2.24, 2.45) is 0 Å². The second kappa shape index (κ2) is 8.91. The van der Waals surface area contributed by atoms with Crippen molar-refractivity contribution < 1.29 is 13.2 Å². The Bertz CT molecular complexity index is 1230. The highest BCUT2D eigenvalue weighted by Gasteiger charge is 2.35. The molecule has 178 valence electrons. The van der Waals surface area contributed by atoms with Gasteiger partial charge in [0.15, 0.2) is 0 Å². The largest absolute Gasteiger partial charge is 0.416 e. The molecule has 2 aliphatic rings. The third-order valence-corrected chi connectivity index (χ3v) is 6.89. The topological polar surface area (TPSA) is 41.4 Å². The van der Waals surface area contributed by atoms with Crippen LogP contribution in [0.1, 0.15) is 48.1 Å². The van der Waals surface area contributed by atoms with E-state index < -0.39 is 11.7 Å². The van der Waals surface area contributed by atoms with Crippen LogP contribution in [-0.2, 0) is 19.3 Å². The zero-order valence-electron chi connectivity index (χ0n) is 19.1. The fourth-order valence-electron chi connectivity index (χ4n) is 5.04. The monoisotopic (exact) mass is 468 g/mol. The Labute approximate surface area is 196 Å². The van der Waals surface area contributed by atoms with Crippen LogP contribution in [0.4, 0.5) is 24.8 Å². The van der Waals surface area contributed by atoms with Gasteiger partial charge in [-0.2, -0.15) is 13.2 Å². The van der Waals surface area contributed by atoms with Gasteiger partial charge in [-0.25, -0.2) is 4.98 Å². The van der Waals surface area contributed by atoms with Gasteiger partial charge in [0, 0.05) is 23.7 Å². The summed E-state index contributed by atoms with van der Waals surface area (Å²) in [7, 11) is 0. The number of halogens is 3. The summed E-state index contributed by atoms with van der Waals surface area (Å²) in [4.78, 5) is 22.4. The highest BCUT2D eigenvalue weighted by molar-refractivity contribution is 5.60. The maximum absolute atomic E-state index is 13.7. The Morgan fingerprint density at radius 3 is 2.44 bits per heavy atom. The molecular weight excluding hydrogens is 441 g/mol. The summed E-state index contributed by atoms with van der Waals surface area (Å²) >= 11 is 0. The van der Waals surface area contributed by atoms with Crippen LogP contribution in [0.2, 0.25) is 0 Å². The predicted molar refractivity (Wildman–Crippen MR) is 125 cm³/mol. The third-order valence-electron chi connectivity index (χ3n) is 6.89. The normalized spacial score (nSPS) is 17.2. The Morgan fingerprint density at radius 1 is 1.00 bits per heavy atom. The summed E-state index contributed by atoms with van der Waals surface area (Å²) < 4.78 is 42.0. The molecule has 1 aliphatic carbocycles. The van der Waals surface area contributed by atoms with Gasteiger partial charge >= 0.3 is 6.18 Å². The van der Waals surface area contributed by atoms with Crippen LogP contribution < -0.4 is 10.5 Å². The van der Waals surface area contributed by atoms with Gasteiger partial charge in [0.05, 0.1) is 24.6 Å². The molecule has 0 bridgehead atoms. The molecule has 0 saturated heterocycles. The number of hydrogen-bond acceptors (Lipinski definition) is 4. The van der Waals surface area contributed by atoms with Crippen molar-refractivity contribution >= 4 is 11.6 Å². The number of fused-ring (bicyclic) bond motifs is 1. The highest BCUT2D eigenvalue weighted by Crippen LogP contribution is 2.36.